The smallest absolute Gasteiger partial charge is 0.262 e. The van der Waals surface area contributed by atoms with Crippen molar-refractivity contribution in [3.05, 3.63) is 81.0 Å². The van der Waals surface area contributed by atoms with Crippen LogP contribution < -0.4 is 10.9 Å². The number of nitrogens with zero attached hydrogens (tertiary/aromatic N) is 2. The van der Waals surface area contributed by atoms with Crippen molar-refractivity contribution in [3.8, 4) is 0 Å². The molecule has 4 rings (SSSR count). The molecule has 2 aromatic carbocycles. The lowest BCUT2D eigenvalue weighted by Gasteiger charge is -2.06. The first kappa shape index (κ1) is 18.6. The molecule has 0 radical (unpaired) electrons. The van der Waals surface area contributed by atoms with E-state index >= 15 is 0 Å². The van der Waals surface area contributed by atoms with Crippen LogP contribution in [-0.2, 0) is 0 Å². The number of hydrogen-bond donors (Lipinski definition) is 1. The molecule has 0 unspecified atom stereocenters. The van der Waals surface area contributed by atoms with Crippen molar-refractivity contribution >= 4 is 62.2 Å². The molecular formula is C19H10Cl2FN3O2S. The fourth-order valence-electron chi connectivity index (χ4n) is 2.48. The molecule has 0 saturated heterocycles. The molecule has 0 bridgehead atoms. The zero-order valence-electron chi connectivity index (χ0n) is 13.9. The molecular weight excluding hydrogens is 424 g/mol. The molecule has 0 aliphatic heterocycles. The lowest BCUT2D eigenvalue weighted by molar-refractivity contribution is 0.102. The number of nitrogens with one attached hydrogen (secondary N) is 1. The Balaban J connectivity index is 1.90. The van der Waals surface area contributed by atoms with Gasteiger partial charge in [-0.3, -0.25) is 10.1 Å². The molecule has 2 aromatic heterocycles. The number of amides is 1. The average molecular weight is 434 g/mol. The van der Waals surface area contributed by atoms with Gasteiger partial charge in [0.2, 0.25) is 5.55 Å². The van der Waals surface area contributed by atoms with Gasteiger partial charge in [-0.15, -0.1) is 11.3 Å². The second-order valence-corrected chi connectivity index (χ2v) is 7.38. The molecule has 140 valence electrons. The van der Waals surface area contributed by atoms with Gasteiger partial charge in [0.25, 0.3) is 5.91 Å². The van der Waals surface area contributed by atoms with Crippen LogP contribution in [0.3, 0.4) is 0 Å². The Kier molecular flexibility index (Phi) is 5.13. The molecule has 4 aromatic rings. The molecule has 2 heterocycles. The maximum atomic E-state index is 13.3. The van der Waals surface area contributed by atoms with E-state index < -0.39 is 11.7 Å². The summed E-state index contributed by atoms with van der Waals surface area (Å²) in [5.41, 5.74) is 0.929. The van der Waals surface area contributed by atoms with E-state index in [0.717, 1.165) is 6.07 Å². The number of aromatic nitrogens is 1. The van der Waals surface area contributed by atoms with Crippen molar-refractivity contribution in [1.82, 2.24) is 4.98 Å². The van der Waals surface area contributed by atoms with E-state index in [1.807, 2.05) is 0 Å². The topological polar surface area (TPSA) is 67.5 Å². The van der Waals surface area contributed by atoms with Crippen LogP contribution in [0, 0.1) is 5.82 Å². The van der Waals surface area contributed by atoms with Gasteiger partial charge in [-0.05, 0) is 42.5 Å². The number of rotatable bonds is 3. The van der Waals surface area contributed by atoms with Gasteiger partial charge in [0.05, 0.1) is 10.7 Å². The second kappa shape index (κ2) is 7.71. The lowest BCUT2D eigenvalue weighted by atomic mass is 10.1. The first-order chi connectivity index (χ1) is 13.5. The summed E-state index contributed by atoms with van der Waals surface area (Å²) in [5.74, 6) is -0.951. The average Bonchev–Trinajstić information content (AvgIpc) is 3.16. The van der Waals surface area contributed by atoms with Crippen LogP contribution in [0.25, 0.3) is 11.0 Å². The molecule has 0 aliphatic rings. The van der Waals surface area contributed by atoms with E-state index in [0.29, 0.717) is 21.1 Å². The monoisotopic (exact) mass is 433 g/mol. The highest BCUT2D eigenvalue weighted by Gasteiger charge is 2.15. The van der Waals surface area contributed by atoms with E-state index in [1.54, 1.807) is 35.8 Å². The SMILES string of the molecule is O=C(Nc1nccs1)c1cc2cc(Cl)ccc2oc1=Nc1ccc(F)cc1Cl. The first-order valence-corrected chi connectivity index (χ1v) is 9.57. The van der Waals surface area contributed by atoms with Crippen molar-refractivity contribution in [1.29, 1.82) is 0 Å². The summed E-state index contributed by atoms with van der Waals surface area (Å²) in [5, 5.41) is 6.08. The van der Waals surface area contributed by atoms with Crippen LogP contribution in [0.4, 0.5) is 15.2 Å². The van der Waals surface area contributed by atoms with Gasteiger partial charge < -0.3 is 4.42 Å². The lowest BCUT2D eigenvalue weighted by Crippen LogP contribution is -2.21. The summed E-state index contributed by atoms with van der Waals surface area (Å²) in [6.45, 7) is 0. The molecule has 1 N–H and O–H groups in total. The fraction of sp³-hybridized carbons (Fsp3) is 0. The minimum Gasteiger partial charge on any atom is -0.438 e. The zero-order valence-corrected chi connectivity index (χ0v) is 16.3. The van der Waals surface area contributed by atoms with Crippen LogP contribution >= 0.6 is 34.5 Å². The minimum atomic E-state index is -0.490. The Morgan fingerprint density at radius 1 is 1.18 bits per heavy atom. The van der Waals surface area contributed by atoms with Crippen molar-refractivity contribution in [2.75, 3.05) is 5.32 Å². The van der Waals surface area contributed by atoms with Crippen LogP contribution in [0.1, 0.15) is 10.4 Å². The molecule has 0 fully saturated rings. The molecule has 28 heavy (non-hydrogen) atoms. The van der Waals surface area contributed by atoms with Gasteiger partial charge in [-0.25, -0.2) is 14.4 Å². The first-order valence-electron chi connectivity index (χ1n) is 7.93. The number of hydrogen-bond acceptors (Lipinski definition) is 5. The van der Waals surface area contributed by atoms with Crippen LogP contribution in [0.5, 0.6) is 0 Å². The van der Waals surface area contributed by atoms with Gasteiger partial charge in [0, 0.05) is 22.0 Å². The standard InChI is InChI=1S/C19H10Cl2FN3O2S/c20-11-1-4-16-10(7-11)8-13(17(26)25-19-23-5-6-28-19)18(27-16)24-15-3-2-12(22)9-14(15)21/h1-9H,(H,23,25,26). The molecule has 1 amide bonds. The van der Waals surface area contributed by atoms with E-state index in [9.17, 15) is 9.18 Å². The highest BCUT2D eigenvalue weighted by atomic mass is 35.5. The summed E-state index contributed by atoms with van der Waals surface area (Å²) in [7, 11) is 0. The van der Waals surface area contributed by atoms with E-state index in [-0.39, 0.29) is 21.8 Å². The van der Waals surface area contributed by atoms with Crippen LogP contribution in [-0.4, -0.2) is 10.9 Å². The van der Waals surface area contributed by atoms with Crippen molar-refractivity contribution in [2.45, 2.75) is 0 Å². The highest BCUT2D eigenvalue weighted by Crippen LogP contribution is 2.26. The summed E-state index contributed by atoms with van der Waals surface area (Å²) in [4.78, 5) is 21.2. The summed E-state index contributed by atoms with van der Waals surface area (Å²) in [6.07, 6.45) is 1.58. The third-order valence-electron chi connectivity index (χ3n) is 3.74. The number of carbonyl (C=O) groups is 1. The predicted molar refractivity (Wildman–Crippen MR) is 108 cm³/mol. The Bertz CT molecular complexity index is 1260. The molecule has 9 heteroatoms. The van der Waals surface area contributed by atoms with Gasteiger partial charge >= 0.3 is 0 Å². The second-order valence-electron chi connectivity index (χ2n) is 5.65. The van der Waals surface area contributed by atoms with E-state index in [2.05, 4.69) is 15.3 Å². The number of anilines is 1. The van der Waals surface area contributed by atoms with Crippen molar-refractivity contribution in [2.24, 2.45) is 4.99 Å². The molecule has 0 aliphatic carbocycles. The maximum Gasteiger partial charge on any atom is 0.262 e. The Hall–Kier alpha value is -2.74. The number of thiazole rings is 1. The number of benzene rings is 2. The van der Waals surface area contributed by atoms with E-state index in [1.165, 1.54) is 23.5 Å². The molecule has 0 saturated carbocycles. The van der Waals surface area contributed by atoms with Gasteiger partial charge in [-0.1, -0.05) is 23.2 Å². The third kappa shape index (κ3) is 3.91. The number of carbonyl (C=O) groups excluding carboxylic acids is 1. The summed E-state index contributed by atoms with van der Waals surface area (Å²) in [6, 6.07) is 10.4. The fourth-order valence-corrected chi connectivity index (χ4v) is 3.39. The minimum absolute atomic E-state index is 0.0254. The van der Waals surface area contributed by atoms with Crippen molar-refractivity contribution < 1.29 is 13.6 Å². The summed E-state index contributed by atoms with van der Waals surface area (Å²) >= 11 is 13.4. The third-order valence-corrected chi connectivity index (χ3v) is 4.96. The maximum absolute atomic E-state index is 13.3. The van der Waals surface area contributed by atoms with Crippen LogP contribution in [0.2, 0.25) is 10.0 Å². The number of halogens is 3. The van der Waals surface area contributed by atoms with Gasteiger partial charge in [0.15, 0.2) is 5.13 Å². The van der Waals surface area contributed by atoms with Gasteiger partial charge in [-0.2, -0.15) is 0 Å². The quantitative estimate of drug-likeness (QED) is 0.442. The molecule has 0 spiro atoms. The van der Waals surface area contributed by atoms with Gasteiger partial charge in [0.1, 0.15) is 17.0 Å². The predicted octanol–water partition coefficient (Wildman–Crippen LogP) is 5.82. The largest absolute Gasteiger partial charge is 0.438 e. The van der Waals surface area contributed by atoms with Crippen LogP contribution in [0.15, 0.2) is 63.5 Å². The Morgan fingerprint density at radius 2 is 2.04 bits per heavy atom. The molecule has 0 atom stereocenters. The zero-order chi connectivity index (χ0) is 19.7. The van der Waals surface area contributed by atoms with Crippen molar-refractivity contribution in [3.63, 3.8) is 0 Å². The Morgan fingerprint density at radius 3 is 2.79 bits per heavy atom. The Labute approximate surface area is 172 Å². The normalized spacial score (nSPS) is 11.8. The molecule has 5 nitrogen and oxygen atoms in total. The van der Waals surface area contributed by atoms with E-state index in [4.69, 9.17) is 27.6 Å². The highest BCUT2D eigenvalue weighted by molar-refractivity contribution is 7.13. The number of fused-ring (bicyclic) bond motifs is 1. The summed E-state index contributed by atoms with van der Waals surface area (Å²) < 4.78 is 19.1.